The van der Waals surface area contributed by atoms with Crippen LogP contribution in [0.1, 0.15) is 49.4 Å². The van der Waals surface area contributed by atoms with Crippen LogP contribution in [0, 0.1) is 0 Å². The molecule has 1 aliphatic carbocycles. The van der Waals surface area contributed by atoms with Gasteiger partial charge in [0.1, 0.15) is 11.4 Å². The molecule has 1 saturated carbocycles. The molecule has 1 fully saturated rings. The summed E-state index contributed by atoms with van der Waals surface area (Å²) < 4.78 is 5.03. The molecule has 0 saturated heterocycles. The van der Waals surface area contributed by atoms with Crippen LogP contribution in [0.15, 0.2) is 18.3 Å². The molecule has 2 N–H and O–H groups in total. The zero-order valence-corrected chi connectivity index (χ0v) is 11.8. The fourth-order valence-corrected chi connectivity index (χ4v) is 2.53. The highest BCUT2D eigenvalue weighted by Crippen LogP contribution is 2.22. The number of aromatic nitrogens is 1. The molecule has 0 spiro atoms. The number of aliphatic hydroxyl groups is 1. The molecule has 1 aromatic heterocycles. The predicted octanol–water partition coefficient (Wildman–Crippen LogP) is 2.36. The number of hydrogen-bond acceptors (Lipinski definition) is 5. The summed E-state index contributed by atoms with van der Waals surface area (Å²) in [5.74, 6) is 0.114. The first-order valence-electron chi connectivity index (χ1n) is 7.29. The molecule has 2 atom stereocenters. The molecule has 5 nitrogen and oxygen atoms in total. The number of pyridine rings is 1. The maximum Gasteiger partial charge on any atom is 0.341 e. The average molecular weight is 278 g/mol. The Morgan fingerprint density at radius 2 is 2.25 bits per heavy atom. The van der Waals surface area contributed by atoms with Gasteiger partial charge in [0.05, 0.1) is 18.8 Å². The van der Waals surface area contributed by atoms with Crippen molar-refractivity contribution in [1.29, 1.82) is 0 Å². The molecule has 0 aliphatic heterocycles. The van der Waals surface area contributed by atoms with Gasteiger partial charge in [-0.1, -0.05) is 19.3 Å². The smallest absolute Gasteiger partial charge is 0.341 e. The summed E-state index contributed by atoms with van der Waals surface area (Å²) in [6.45, 7) is 2.11. The van der Waals surface area contributed by atoms with Crippen molar-refractivity contribution < 1.29 is 14.6 Å². The van der Waals surface area contributed by atoms with Gasteiger partial charge >= 0.3 is 5.97 Å². The Balaban J connectivity index is 2.13. The Hall–Kier alpha value is -1.62. The standard InChI is InChI=1S/C15H22N2O3/c1-2-20-15(19)11-7-6-10-16-14(11)17-12-8-4-3-5-9-13(12)18/h6-7,10,12-13,18H,2-5,8-9H2,1H3,(H,16,17). The number of esters is 1. The third-order valence-electron chi connectivity index (χ3n) is 3.60. The normalized spacial score (nSPS) is 22.9. The highest BCUT2D eigenvalue weighted by atomic mass is 16.5. The Morgan fingerprint density at radius 3 is 3.05 bits per heavy atom. The molecule has 20 heavy (non-hydrogen) atoms. The second-order valence-electron chi connectivity index (χ2n) is 5.08. The second kappa shape index (κ2) is 7.24. The maximum absolute atomic E-state index is 11.9. The van der Waals surface area contributed by atoms with E-state index < -0.39 is 6.10 Å². The molecule has 0 amide bonds. The summed E-state index contributed by atoms with van der Waals surface area (Å²) in [5, 5.41) is 13.4. The summed E-state index contributed by atoms with van der Waals surface area (Å²) in [7, 11) is 0. The van der Waals surface area contributed by atoms with E-state index >= 15 is 0 Å². The molecule has 2 rings (SSSR count). The van der Waals surface area contributed by atoms with Crippen molar-refractivity contribution in [2.75, 3.05) is 11.9 Å². The van der Waals surface area contributed by atoms with Crippen LogP contribution in [-0.4, -0.2) is 34.8 Å². The lowest BCUT2D eigenvalue weighted by Crippen LogP contribution is -2.33. The SMILES string of the molecule is CCOC(=O)c1cccnc1NC1CCCCCC1O. The number of rotatable bonds is 4. The van der Waals surface area contributed by atoms with Gasteiger partial charge in [0.25, 0.3) is 0 Å². The second-order valence-corrected chi connectivity index (χ2v) is 5.08. The molecular weight excluding hydrogens is 256 g/mol. The average Bonchev–Trinajstić information content (AvgIpc) is 2.65. The van der Waals surface area contributed by atoms with Crippen LogP contribution in [0.4, 0.5) is 5.82 Å². The van der Waals surface area contributed by atoms with Gasteiger partial charge in [0, 0.05) is 6.20 Å². The van der Waals surface area contributed by atoms with Gasteiger partial charge in [0.15, 0.2) is 0 Å². The number of nitrogens with zero attached hydrogens (tertiary/aromatic N) is 1. The first-order chi connectivity index (χ1) is 9.72. The third kappa shape index (κ3) is 3.70. The summed E-state index contributed by atoms with van der Waals surface area (Å²) in [4.78, 5) is 16.1. The number of aliphatic hydroxyl groups excluding tert-OH is 1. The van der Waals surface area contributed by atoms with Crippen LogP contribution < -0.4 is 5.32 Å². The molecule has 110 valence electrons. The zero-order chi connectivity index (χ0) is 14.4. The van der Waals surface area contributed by atoms with Crippen LogP contribution in [0.2, 0.25) is 0 Å². The van der Waals surface area contributed by atoms with E-state index in [0.29, 0.717) is 18.0 Å². The van der Waals surface area contributed by atoms with Crippen LogP contribution >= 0.6 is 0 Å². The summed E-state index contributed by atoms with van der Waals surface area (Å²) in [6.07, 6.45) is 6.19. The quantitative estimate of drug-likeness (QED) is 0.653. The van der Waals surface area contributed by atoms with E-state index in [4.69, 9.17) is 4.74 Å². The lowest BCUT2D eigenvalue weighted by molar-refractivity contribution is 0.0526. The number of hydrogen-bond donors (Lipinski definition) is 2. The molecule has 0 bridgehead atoms. The van der Waals surface area contributed by atoms with Gasteiger partial charge in [-0.2, -0.15) is 0 Å². The summed E-state index contributed by atoms with van der Waals surface area (Å²) in [5.41, 5.74) is 0.422. The van der Waals surface area contributed by atoms with Crippen molar-refractivity contribution in [1.82, 2.24) is 4.98 Å². The summed E-state index contributed by atoms with van der Waals surface area (Å²) in [6, 6.07) is 3.35. The molecule has 1 heterocycles. The van der Waals surface area contributed by atoms with E-state index in [-0.39, 0.29) is 12.0 Å². The predicted molar refractivity (Wildman–Crippen MR) is 76.7 cm³/mol. The van der Waals surface area contributed by atoms with Crippen molar-refractivity contribution in [3.8, 4) is 0 Å². The van der Waals surface area contributed by atoms with E-state index in [9.17, 15) is 9.90 Å². The molecule has 1 aliphatic rings. The van der Waals surface area contributed by atoms with Gasteiger partial charge in [0.2, 0.25) is 0 Å². The minimum absolute atomic E-state index is 0.0550. The first kappa shape index (κ1) is 14.8. The third-order valence-corrected chi connectivity index (χ3v) is 3.60. The first-order valence-corrected chi connectivity index (χ1v) is 7.29. The largest absolute Gasteiger partial charge is 0.462 e. The van der Waals surface area contributed by atoms with E-state index in [2.05, 4.69) is 10.3 Å². The van der Waals surface area contributed by atoms with Gasteiger partial charge in [-0.25, -0.2) is 9.78 Å². The van der Waals surface area contributed by atoms with Crippen LogP contribution in [-0.2, 0) is 4.74 Å². The Morgan fingerprint density at radius 1 is 1.45 bits per heavy atom. The molecule has 0 radical (unpaired) electrons. The highest BCUT2D eigenvalue weighted by Gasteiger charge is 2.23. The lowest BCUT2D eigenvalue weighted by Gasteiger charge is -2.23. The number of nitrogens with one attached hydrogen (secondary N) is 1. The minimum atomic E-state index is -0.394. The fourth-order valence-electron chi connectivity index (χ4n) is 2.53. The Labute approximate surface area is 119 Å². The van der Waals surface area contributed by atoms with Gasteiger partial charge in [-0.3, -0.25) is 0 Å². The van der Waals surface area contributed by atoms with Crippen molar-refractivity contribution in [3.63, 3.8) is 0 Å². The zero-order valence-electron chi connectivity index (χ0n) is 11.8. The monoisotopic (exact) mass is 278 g/mol. The van der Waals surface area contributed by atoms with Gasteiger partial charge in [-0.15, -0.1) is 0 Å². The van der Waals surface area contributed by atoms with Crippen molar-refractivity contribution in [2.24, 2.45) is 0 Å². The Kier molecular flexibility index (Phi) is 5.35. The fraction of sp³-hybridized carbons (Fsp3) is 0.600. The minimum Gasteiger partial charge on any atom is -0.462 e. The van der Waals surface area contributed by atoms with Crippen molar-refractivity contribution in [3.05, 3.63) is 23.9 Å². The van der Waals surface area contributed by atoms with Crippen LogP contribution in [0.3, 0.4) is 0 Å². The van der Waals surface area contributed by atoms with Gasteiger partial charge < -0.3 is 15.2 Å². The van der Waals surface area contributed by atoms with E-state index in [1.807, 2.05) is 0 Å². The number of carbonyl (C=O) groups is 1. The molecular formula is C15H22N2O3. The van der Waals surface area contributed by atoms with Gasteiger partial charge in [-0.05, 0) is 31.9 Å². The number of anilines is 1. The summed E-state index contributed by atoms with van der Waals surface area (Å²) >= 11 is 0. The van der Waals surface area contributed by atoms with Crippen LogP contribution in [0.25, 0.3) is 0 Å². The lowest BCUT2D eigenvalue weighted by atomic mass is 10.1. The van der Waals surface area contributed by atoms with E-state index in [1.165, 1.54) is 0 Å². The molecule has 5 heteroatoms. The van der Waals surface area contributed by atoms with Crippen molar-refractivity contribution >= 4 is 11.8 Å². The number of carbonyl (C=O) groups excluding carboxylic acids is 1. The number of ether oxygens (including phenoxy) is 1. The van der Waals surface area contributed by atoms with E-state index in [1.54, 1.807) is 25.3 Å². The topological polar surface area (TPSA) is 71.5 Å². The molecule has 1 aromatic rings. The highest BCUT2D eigenvalue weighted by molar-refractivity contribution is 5.94. The maximum atomic E-state index is 11.9. The van der Waals surface area contributed by atoms with Crippen LogP contribution in [0.5, 0.6) is 0 Å². The molecule has 0 aromatic carbocycles. The molecule has 2 unspecified atom stereocenters. The van der Waals surface area contributed by atoms with E-state index in [0.717, 1.165) is 32.1 Å². The Bertz CT molecular complexity index is 450. The van der Waals surface area contributed by atoms with Crippen molar-refractivity contribution in [2.45, 2.75) is 51.2 Å².